The molecule has 30 heavy (non-hydrogen) atoms. The molecule has 0 saturated carbocycles. The zero-order valence-electron chi connectivity index (χ0n) is 16.1. The predicted octanol–water partition coefficient (Wildman–Crippen LogP) is 3.59. The standard InChI is InChI=1S/C23H20Cl2N2O3/c24-16-7-3-1-5-14(16)11-26-21(28)19-18-9-10-23(30-18)13-27(22(29)20(19)23)12-15-6-2-4-8-17(15)25/h1-10,18-20H,11-13H2,(H,26,28)/t18-,19+,20-,23+/m0/s1. The van der Waals surface area contributed by atoms with E-state index in [0.29, 0.717) is 29.7 Å². The lowest BCUT2D eigenvalue weighted by atomic mass is 9.77. The van der Waals surface area contributed by atoms with Gasteiger partial charge < -0.3 is 15.0 Å². The van der Waals surface area contributed by atoms with Gasteiger partial charge in [-0.25, -0.2) is 0 Å². The second kappa shape index (κ2) is 7.41. The van der Waals surface area contributed by atoms with E-state index in [0.717, 1.165) is 11.1 Å². The summed E-state index contributed by atoms with van der Waals surface area (Å²) in [5.41, 5.74) is 0.970. The van der Waals surface area contributed by atoms with Gasteiger partial charge in [0.25, 0.3) is 0 Å². The normalized spacial score (nSPS) is 28.8. The van der Waals surface area contributed by atoms with Gasteiger partial charge in [-0.3, -0.25) is 9.59 Å². The van der Waals surface area contributed by atoms with E-state index in [2.05, 4.69) is 5.32 Å². The molecule has 0 aliphatic carbocycles. The van der Waals surface area contributed by atoms with Crippen molar-refractivity contribution in [2.45, 2.75) is 24.8 Å². The molecule has 2 saturated heterocycles. The first kappa shape index (κ1) is 19.6. The number of likely N-dealkylation sites (tertiary alicyclic amines) is 1. The van der Waals surface area contributed by atoms with Crippen molar-refractivity contribution in [2.24, 2.45) is 11.8 Å². The summed E-state index contributed by atoms with van der Waals surface area (Å²) in [6.07, 6.45) is 3.47. The van der Waals surface area contributed by atoms with Gasteiger partial charge in [0.15, 0.2) is 0 Å². The highest BCUT2D eigenvalue weighted by atomic mass is 35.5. The number of hydrogen-bond acceptors (Lipinski definition) is 3. The Morgan fingerprint density at radius 1 is 1.10 bits per heavy atom. The number of ether oxygens (including phenoxy) is 1. The first-order valence-corrected chi connectivity index (χ1v) is 10.6. The topological polar surface area (TPSA) is 58.6 Å². The lowest BCUT2D eigenvalue weighted by Gasteiger charge is -2.23. The number of carbonyl (C=O) groups excluding carboxylic acids is 2. The molecule has 3 aliphatic rings. The summed E-state index contributed by atoms with van der Waals surface area (Å²) in [4.78, 5) is 28.1. The van der Waals surface area contributed by atoms with E-state index < -0.39 is 17.4 Å². The van der Waals surface area contributed by atoms with E-state index in [1.165, 1.54) is 0 Å². The summed E-state index contributed by atoms with van der Waals surface area (Å²) in [6.45, 7) is 1.12. The molecule has 7 heteroatoms. The molecule has 2 amide bonds. The lowest BCUT2D eigenvalue weighted by Crippen LogP contribution is -2.43. The zero-order chi connectivity index (χ0) is 20.9. The zero-order valence-corrected chi connectivity index (χ0v) is 17.6. The van der Waals surface area contributed by atoms with Crippen LogP contribution >= 0.6 is 23.2 Å². The number of carbonyl (C=O) groups is 2. The van der Waals surface area contributed by atoms with E-state index >= 15 is 0 Å². The van der Waals surface area contributed by atoms with Gasteiger partial charge in [0, 0.05) is 23.1 Å². The van der Waals surface area contributed by atoms with E-state index in [4.69, 9.17) is 27.9 Å². The highest BCUT2D eigenvalue weighted by molar-refractivity contribution is 6.31. The van der Waals surface area contributed by atoms with Gasteiger partial charge in [-0.15, -0.1) is 0 Å². The minimum atomic E-state index is -0.741. The first-order valence-electron chi connectivity index (χ1n) is 9.89. The van der Waals surface area contributed by atoms with Crippen LogP contribution in [-0.4, -0.2) is 35.0 Å². The fraction of sp³-hybridized carbons (Fsp3) is 0.304. The summed E-state index contributed by atoms with van der Waals surface area (Å²) in [6, 6.07) is 14.8. The largest absolute Gasteiger partial charge is 0.360 e. The van der Waals surface area contributed by atoms with Crippen LogP contribution in [0.5, 0.6) is 0 Å². The van der Waals surface area contributed by atoms with Crippen molar-refractivity contribution in [1.82, 2.24) is 10.2 Å². The molecule has 0 unspecified atom stereocenters. The number of amides is 2. The fourth-order valence-corrected chi connectivity index (χ4v) is 5.18. The van der Waals surface area contributed by atoms with E-state index in [1.54, 1.807) is 11.0 Å². The Morgan fingerprint density at radius 3 is 2.47 bits per heavy atom. The van der Waals surface area contributed by atoms with E-state index in [1.807, 2.05) is 54.6 Å². The van der Waals surface area contributed by atoms with Crippen LogP contribution in [0.1, 0.15) is 11.1 Å². The maximum absolute atomic E-state index is 13.3. The minimum absolute atomic E-state index is 0.0698. The molecular weight excluding hydrogens is 423 g/mol. The van der Waals surface area contributed by atoms with Crippen LogP contribution in [0, 0.1) is 11.8 Å². The molecule has 1 N–H and O–H groups in total. The van der Waals surface area contributed by atoms with Gasteiger partial charge in [0.05, 0.1) is 24.5 Å². The number of nitrogens with zero attached hydrogens (tertiary/aromatic N) is 1. The molecule has 5 nitrogen and oxygen atoms in total. The Bertz CT molecular complexity index is 1060. The SMILES string of the molecule is O=C(NCc1ccccc1Cl)[C@@H]1[C@@H]2C=C[C@]3(CN(Cc4ccccc4Cl)C(=O)[C@H]13)O2. The number of rotatable bonds is 5. The smallest absolute Gasteiger partial charge is 0.230 e. The molecule has 0 radical (unpaired) electrons. The second-order valence-corrected chi connectivity index (χ2v) is 8.81. The van der Waals surface area contributed by atoms with Crippen molar-refractivity contribution in [1.29, 1.82) is 0 Å². The van der Waals surface area contributed by atoms with Crippen molar-refractivity contribution in [3.8, 4) is 0 Å². The fourth-order valence-electron chi connectivity index (χ4n) is 4.79. The van der Waals surface area contributed by atoms with Gasteiger partial charge in [-0.2, -0.15) is 0 Å². The van der Waals surface area contributed by atoms with E-state index in [-0.39, 0.29) is 17.9 Å². The molecule has 3 heterocycles. The number of nitrogens with one attached hydrogen (secondary N) is 1. The average Bonchev–Trinajstić information content (AvgIpc) is 3.37. The van der Waals surface area contributed by atoms with Gasteiger partial charge in [0.1, 0.15) is 5.60 Å². The summed E-state index contributed by atoms with van der Waals surface area (Å²) in [5, 5.41) is 4.16. The molecule has 2 fully saturated rings. The first-order chi connectivity index (χ1) is 14.5. The van der Waals surface area contributed by atoms with Gasteiger partial charge >= 0.3 is 0 Å². The molecule has 1 spiro atoms. The van der Waals surface area contributed by atoms with Gasteiger partial charge in [-0.1, -0.05) is 71.8 Å². The molecule has 5 rings (SSSR count). The number of hydrogen-bond donors (Lipinski definition) is 1. The van der Waals surface area contributed by atoms with Crippen molar-refractivity contribution in [2.75, 3.05) is 6.54 Å². The van der Waals surface area contributed by atoms with Crippen molar-refractivity contribution >= 4 is 35.0 Å². The minimum Gasteiger partial charge on any atom is -0.360 e. The number of halogens is 2. The predicted molar refractivity (Wildman–Crippen MR) is 114 cm³/mol. The molecule has 2 bridgehead atoms. The average molecular weight is 443 g/mol. The molecule has 154 valence electrons. The molecular formula is C23H20Cl2N2O3. The Hall–Kier alpha value is -2.34. The summed E-state index contributed by atoms with van der Waals surface area (Å²) < 4.78 is 6.17. The van der Waals surface area contributed by atoms with Crippen molar-refractivity contribution in [3.63, 3.8) is 0 Å². The van der Waals surface area contributed by atoms with Crippen LogP contribution in [-0.2, 0) is 27.4 Å². The Labute approximate surface area is 184 Å². The lowest BCUT2D eigenvalue weighted by molar-refractivity contribution is -0.137. The maximum atomic E-state index is 13.3. The molecule has 2 aromatic carbocycles. The van der Waals surface area contributed by atoms with Gasteiger partial charge in [0.2, 0.25) is 11.8 Å². The van der Waals surface area contributed by atoms with Crippen LogP contribution in [0.2, 0.25) is 10.0 Å². The quantitative estimate of drug-likeness (QED) is 0.719. The molecule has 2 aromatic rings. The van der Waals surface area contributed by atoms with Gasteiger partial charge in [-0.05, 0) is 23.3 Å². The van der Waals surface area contributed by atoms with Crippen molar-refractivity contribution in [3.05, 3.63) is 81.9 Å². The Morgan fingerprint density at radius 2 is 1.77 bits per heavy atom. The van der Waals surface area contributed by atoms with Crippen molar-refractivity contribution < 1.29 is 14.3 Å². The number of benzene rings is 2. The molecule has 3 aliphatic heterocycles. The molecule has 0 aromatic heterocycles. The third-order valence-corrected chi connectivity index (χ3v) is 6.95. The number of fused-ring (bicyclic) bond motifs is 1. The summed E-state index contributed by atoms with van der Waals surface area (Å²) in [7, 11) is 0. The van der Waals surface area contributed by atoms with E-state index in [9.17, 15) is 9.59 Å². The van der Waals surface area contributed by atoms with Crippen LogP contribution < -0.4 is 5.32 Å². The van der Waals surface area contributed by atoms with Crippen LogP contribution in [0.3, 0.4) is 0 Å². The highest BCUT2D eigenvalue weighted by Crippen LogP contribution is 2.52. The van der Waals surface area contributed by atoms with Crippen LogP contribution in [0.15, 0.2) is 60.7 Å². The maximum Gasteiger partial charge on any atom is 0.230 e. The van der Waals surface area contributed by atoms with Crippen LogP contribution in [0.4, 0.5) is 0 Å². The monoisotopic (exact) mass is 442 g/mol. The second-order valence-electron chi connectivity index (χ2n) is 7.99. The Balaban J connectivity index is 1.34. The van der Waals surface area contributed by atoms with Crippen LogP contribution in [0.25, 0.3) is 0 Å². The highest BCUT2D eigenvalue weighted by Gasteiger charge is 2.66. The summed E-state index contributed by atoms with van der Waals surface area (Å²) in [5.74, 6) is -1.34. The Kier molecular flexibility index (Phi) is 4.85. The summed E-state index contributed by atoms with van der Waals surface area (Å²) >= 11 is 12.5. The molecule has 4 atom stereocenters. The third kappa shape index (κ3) is 3.13. The third-order valence-electron chi connectivity index (χ3n) is 6.21.